The Morgan fingerprint density at radius 2 is 1.90 bits per heavy atom. The zero-order valence-electron chi connectivity index (χ0n) is 9.97. The predicted octanol–water partition coefficient (Wildman–Crippen LogP) is 2.17. The largest absolute Gasteiger partial charge is 0.390 e. The first-order chi connectivity index (χ1) is 9.07. The van der Waals surface area contributed by atoms with E-state index in [4.69, 9.17) is 17.3 Å². The van der Waals surface area contributed by atoms with E-state index < -0.39 is 39.9 Å². The van der Waals surface area contributed by atoms with Crippen molar-refractivity contribution in [3.8, 4) is 0 Å². The Balaban J connectivity index is 2.96. The van der Waals surface area contributed by atoms with Crippen molar-refractivity contribution in [3.63, 3.8) is 0 Å². The minimum atomic E-state index is -4.49. The molecule has 1 aromatic carbocycles. The maximum atomic E-state index is 13.4. The number of sulfonamides is 1. The Morgan fingerprint density at radius 1 is 1.30 bits per heavy atom. The first-order valence-corrected chi connectivity index (χ1v) is 7.17. The van der Waals surface area contributed by atoms with Crippen LogP contribution in [0.15, 0.2) is 17.0 Å². The molecule has 0 aromatic heterocycles. The van der Waals surface area contributed by atoms with Gasteiger partial charge in [0.05, 0.1) is 16.3 Å². The quantitative estimate of drug-likeness (QED) is 0.811. The average Bonchev–Trinajstić information content (AvgIpc) is 2.30. The van der Waals surface area contributed by atoms with E-state index in [0.29, 0.717) is 6.07 Å². The third kappa shape index (κ3) is 4.58. The van der Waals surface area contributed by atoms with Gasteiger partial charge in [-0.25, -0.2) is 17.5 Å². The number of hydrogen-bond acceptors (Lipinski definition) is 3. The summed E-state index contributed by atoms with van der Waals surface area (Å²) >= 11 is 5.56. The summed E-state index contributed by atoms with van der Waals surface area (Å²) in [4.78, 5) is -0.526. The van der Waals surface area contributed by atoms with Crippen molar-refractivity contribution in [2.24, 2.45) is 5.73 Å². The van der Waals surface area contributed by atoms with E-state index in [2.05, 4.69) is 0 Å². The molecule has 0 aliphatic carbocycles. The molecule has 0 spiro atoms. The smallest absolute Gasteiger partial charge is 0.326 e. The van der Waals surface area contributed by atoms with E-state index in [1.807, 2.05) is 0 Å². The molecule has 0 heterocycles. The van der Waals surface area contributed by atoms with Crippen LogP contribution < -0.4 is 10.5 Å². The standard InChI is InChI=1S/C10H11ClF4N2O2S/c11-9-6(5-16)3-7(4-8(9)12)20(18,19)17-2-1-10(13,14)15/h3-4,17H,1-2,5,16H2. The lowest BCUT2D eigenvalue weighted by Gasteiger charge is -2.11. The lowest BCUT2D eigenvalue weighted by Crippen LogP contribution is -2.28. The summed E-state index contributed by atoms with van der Waals surface area (Å²) in [6.45, 7) is -1.05. The fourth-order valence-corrected chi connectivity index (χ4v) is 2.61. The van der Waals surface area contributed by atoms with E-state index in [1.54, 1.807) is 4.72 Å². The highest BCUT2D eigenvalue weighted by molar-refractivity contribution is 7.89. The summed E-state index contributed by atoms with van der Waals surface area (Å²) in [6, 6.07) is 1.64. The van der Waals surface area contributed by atoms with Crippen molar-refractivity contribution in [2.45, 2.75) is 24.0 Å². The van der Waals surface area contributed by atoms with E-state index in [9.17, 15) is 26.0 Å². The molecular weight excluding hydrogens is 324 g/mol. The molecule has 10 heteroatoms. The Morgan fingerprint density at radius 3 is 2.40 bits per heavy atom. The maximum Gasteiger partial charge on any atom is 0.390 e. The zero-order valence-corrected chi connectivity index (χ0v) is 11.5. The van der Waals surface area contributed by atoms with Crippen LogP contribution in [0.4, 0.5) is 17.6 Å². The second-order valence-corrected chi connectivity index (χ2v) is 5.99. The van der Waals surface area contributed by atoms with Gasteiger partial charge >= 0.3 is 6.18 Å². The van der Waals surface area contributed by atoms with Gasteiger partial charge in [-0.15, -0.1) is 0 Å². The number of hydrogen-bond donors (Lipinski definition) is 2. The van der Waals surface area contributed by atoms with Gasteiger partial charge in [0.1, 0.15) is 5.82 Å². The van der Waals surface area contributed by atoms with Gasteiger partial charge in [-0.2, -0.15) is 13.2 Å². The molecule has 0 aliphatic heterocycles. The third-order valence-electron chi connectivity index (χ3n) is 2.31. The second kappa shape index (κ2) is 6.25. The molecule has 0 amide bonds. The van der Waals surface area contributed by atoms with Gasteiger partial charge in [0, 0.05) is 13.1 Å². The molecule has 1 aromatic rings. The number of rotatable bonds is 5. The first-order valence-electron chi connectivity index (χ1n) is 5.31. The Bertz CT molecular complexity index is 590. The minimum Gasteiger partial charge on any atom is -0.326 e. The summed E-state index contributed by atoms with van der Waals surface area (Å²) < 4.78 is 74.4. The molecule has 0 bridgehead atoms. The van der Waals surface area contributed by atoms with E-state index in [-0.39, 0.29) is 17.1 Å². The van der Waals surface area contributed by atoms with Gasteiger partial charge in [-0.3, -0.25) is 0 Å². The number of alkyl halides is 3. The van der Waals surface area contributed by atoms with Crippen LogP contribution in [0.5, 0.6) is 0 Å². The van der Waals surface area contributed by atoms with Crippen molar-refractivity contribution in [3.05, 3.63) is 28.5 Å². The summed E-state index contributed by atoms with van der Waals surface area (Å²) in [5.41, 5.74) is 5.32. The first kappa shape index (κ1) is 17.2. The Kier molecular flexibility index (Phi) is 5.36. The third-order valence-corrected chi connectivity index (χ3v) is 4.17. The molecule has 0 unspecified atom stereocenters. The molecule has 1 rings (SSSR count). The van der Waals surface area contributed by atoms with Crippen LogP contribution in [-0.2, 0) is 16.6 Å². The molecule has 114 valence electrons. The molecule has 0 atom stereocenters. The fourth-order valence-electron chi connectivity index (χ4n) is 1.33. The van der Waals surface area contributed by atoms with Crippen molar-refractivity contribution in [1.82, 2.24) is 4.72 Å². The molecule has 3 N–H and O–H groups in total. The predicted molar refractivity (Wildman–Crippen MR) is 65.2 cm³/mol. The van der Waals surface area contributed by atoms with Gasteiger partial charge in [0.2, 0.25) is 10.0 Å². The highest BCUT2D eigenvalue weighted by Gasteiger charge is 2.28. The fraction of sp³-hybridized carbons (Fsp3) is 0.400. The van der Waals surface area contributed by atoms with Crippen LogP contribution in [-0.4, -0.2) is 21.1 Å². The Labute approximate surface area is 118 Å². The second-order valence-electron chi connectivity index (χ2n) is 3.85. The number of benzene rings is 1. The van der Waals surface area contributed by atoms with Gasteiger partial charge < -0.3 is 5.73 Å². The van der Waals surface area contributed by atoms with E-state index in [0.717, 1.165) is 6.07 Å². The van der Waals surface area contributed by atoms with E-state index in [1.165, 1.54) is 0 Å². The lowest BCUT2D eigenvalue weighted by atomic mass is 10.2. The van der Waals surface area contributed by atoms with Crippen LogP contribution in [0.25, 0.3) is 0 Å². The van der Waals surface area contributed by atoms with Crippen molar-refractivity contribution < 1.29 is 26.0 Å². The van der Waals surface area contributed by atoms with Crippen molar-refractivity contribution in [1.29, 1.82) is 0 Å². The van der Waals surface area contributed by atoms with Gasteiger partial charge in [-0.05, 0) is 17.7 Å². The van der Waals surface area contributed by atoms with Crippen molar-refractivity contribution >= 4 is 21.6 Å². The summed E-state index contributed by atoms with van der Waals surface area (Å²) in [5, 5.41) is -0.318. The number of nitrogens with one attached hydrogen (secondary N) is 1. The van der Waals surface area contributed by atoms with E-state index >= 15 is 0 Å². The summed E-state index contributed by atoms with van der Waals surface area (Å²) in [7, 11) is -4.26. The van der Waals surface area contributed by atoms with Gasteiger partial charge in [0.25, 0.3) is 0 Å². The van der Waals surface area contributed by atoms with Crippen molar-refractivity contribution in [2.75, 3.05) is 6.54 Å². The molecule has 4 nitrogen and oxygen atoms in total. The maximum absolute atomic E-state index is 13.4. The average molecular weight is 335 g/mol. The number of nitrogens with two attached hydrogens (primary N) is 1. The van der Waals surface area contributed by atoms with Crippen LogP contribution in [0.1, 0.15) is 12.0 Å². The van der Waals surface area contributed by atoms with Crippen LogP contribution in [0.2, 0.25) is 5.02 Å². The number of halogens is 5. The van der Waals surface area contributed by atoms with Crippen LogP contribution >= 0.6 is 11.6 Å². The molecule has 0 radical (unpaired) electrons. The SMILES string of the molecule is NCc1cc(S(=O)(=O)NCCC(F)(F)F)cc(F)c1Cl. The minimum absolute atomic E-state index is 0.0443. The Hall–Kier alpha value is -0.900. The molecular formula is C10H11ClF4N2O2S. The highest BCUT2D eigenvalue weighted by Crippen LogP contribution is 2.24. The normalized spacial score (nSPS) is 12.7. The molecule has 0 fully saturated rings. The van der Waals surface area contributed by atoms with Gasteiger partial charge in [0.15, 0.2) is 0 Å². The summed E-state index contributed by atoms with van der Waals surface area (Å²) in [5.74, 6) is -1.01. The topological polar surface area (TPSA) is 72.2 Å². The summed E-state index contributed by atoms with van der Waals surface area (Å²) in [6.07, 6.45) is -5.82. The van der Waals surface area contributed by atoms with Crippen LogP contribution in [0, 0.1) is 5.82 Å². The molecule has 0 saturated carbocycles. The highest BCUT2D eigenvalue weighted by atomic mass is 35.5. The monoisotopic (exact) mass is 334 g/mol. The molecule has 20 heavy (non-hydrogen) atoms. The molecule has 0 aliphatic rings. The lowest BCUT2D eigenvalue weighted by molar-refractivity contribution is -0.132. The van der Waals surface area contributed by atoms with Gasteiger partial charge in [-0.1, -0.05) is 11.6 Å². The molecule has 0 saturated heterocycles. The zero-order chi connectivity index (χ0) is 15.6. The van der Waals surface area contributed by atoms with Crippen LogP contribution in [0.3, 0.4) is 0 Å².